The predicted molar refractivity (Wildman–Crippen MR) is 49.3 cm³/mol. The van der Waals surface area contributed by atoms with Crippen molar-refractivity contribution in [3.05, 3.63) is 20.3 Å². The molecule has 0 saturated heterocycles. The third-order valence-corrected chi connectivity index (χ3v) is 3.13. The van der Waals surface area contributed by atoms with Crippen LogP contribution in [0.25, 0.3) is 0 Å². The minimum Gasteiger partial charge on any atom is -0.286 e. The second kappa shape index (κ2) is 3.52. The van der Waals surface area contributed by atoms with Gasteiger partial charge in [0.05, 0.1) is 9.90 Å². The minimum atomic E-state index is -3.38. The summed E-state index contributed by atoms with van der Waals surface area (Å²) in [5.41, 5.74) is 0. The van der Waals surface area contributed by atoms with Crippen molar-refractivity contribution < 1.29 is 13.6 Å². The zero-order valence-corrected chi connectivity index (χ0v) is 8.73. The number of carbonyl (C=O) groups excluding carboxylic acids is 1. The van der Waals surface area contributed by atoms with Gasteiger partial charge in [0.25, 0.3) is 0 Å². The molecular weight excluding hydrogens is 241 g/mol. The first kappa shape index (κ1) is 10.9. The van der Waals surface area contributed by atoms with Crippen LogP contribution in [-0.2, 0) is 0 Å². The van der Waals surface area contributed by atoms with Gasteiger partial charge < -0.3 is 0 Å². The quantitative estimate of drug-likeness (QED) is 0.722. The first-order valence-corrected chi connectivity index (χ1v) is 4.77. The number of halogens is 4. The van der Waals surface area contributed by atoms with Crippen molar-refractivity contribution in [2.24, 2.45) is 0 Å². The van der Waals surface area contributed by atoms with Crippen molar-refractivity contribution in [2.75, 3.05) is 0 Å². The van der Waals surface area contributed by atoms with Crippen LogP contribution in [0.15, 0.2) is 6.07 Å². The standard InChI is InChI=1S/C7H4Cl2F2OS/c1-7(10,11)5(12)4-2-3(8)6(9)13-4/h2H,1H3. The molecule has 0 bridgehead atoms. The molecule has 0 N–H and O–H groups in total. The molecule has 0 saturated carbocycles. The topological polar surface area (TPSA) is 17.1 Å². The summed E-state index contributed by atoms with van der Waals surface area (Å²) in [4.78, 5) is 10.9. The summed E-state index contributed by atoms with van der Waals surface area (Å²) in [6.45, 7) is 0.539. The van der Waals surface area contributed by atoms with E-state index in [1.807, 2.05) is 0 Å². The van der Waals surface area contributed by atoms with Gasteiger partial charge in [-0.2, -0.15) is 8.78 Å². The number of ketones is 1. The average Bonchev–Trinajstić information content (AvgIpc) is 2.29. The summed E-state index contributed by atoms with van der Waals surface area (Å²) < 4.78 is 25.2. The van der Waals surface area contributed by atoms with Crippen LogP contribution in [0, 0.1) is 0 Å². The highest BCUT2D eigenvalue weighted by molar-refractivity contribution is 7.18. The van der Waals surface area contributed by atoms with Crippen molar-refractivity contribution in [2.45, 2.75) is 12.8 Å². The number of rotatable bonds is 2. The van der Waals surface area contributed by atoms with E-state index in [9.17, 15) is 13.6 Å². The summed E-state index contributed by atoms with van der Waals surface area (Å²) in [7, 11) is 0. The van der Waals surface area contributed by atoms with Gasteiger partial charge in [-0.25, -0.2) is 0 Å². The number of hydrogen-bond acceptors (Lipinski definition) is 2. The number of hydrogen-bond donors (Lipinski definition) is 0. The van der Waals surface area contributed by atoms with Gasteiger partial charge in [0.15, 0.2) is 0 Å². The predicted octanol–water partition coefficient (Wildman–Crippen LogP) is 3.89. The van der Waals surface area contributed by atoms with Crippen molar-refractivity contribution in [1.29, 1.82) is 0 Å². The van der Waals surface area contributed by atoms with E-state index in [1.54, 1.807) is 0 Å². The molecule has 0 aliphatic carbocycles. The maximum Gasteiger partial charge on any atom is 0.307 e. The third kappa shape index (κ3) is 2.39. The molecule has 0 spiro atoms. The van der Waals surface area contributed by atoms with Crippen molar-refractivity contribution in [1.82, 2.24) is 0 Å². The fraction of sp³-hybridized carbons (Fsp3) is 0.286. The monoisotopic (exact) mass is 244 g/mol. The van der Waals surface area contributed by atoms with Crippen LogP contribution < -0.4 is 0 Å². The Morgan fingerprint density at radius 1 is 1.54 bits per heavy atom. The molecule has 0 atom stereocenters. The molecule has 0 aliphatic heterocycles. The lowest BCUT2D eigenvalue weighted by Gasteiger charge is -2.05. The first-order chi connectivity index (χ1) is 5.82. The second-order valence-electron chi connectivity index (χ2n) is 2.45. The van der Waals surface area contributed by atoms with E-state index in [0.29, 0.717) is 6.92 Å². The van der Waals surface area contributed by atoms with Gasteiger partial charge in [0.2, 0.25) is 5.78 Å². The Balaban J connectivity index is 3.03. The molecule has 1 aromatic rings. The van der Waals surface area contributed by atoms with Crippen LogP contribution in [-0.4, -0.2) is 11.7 Å². The largest absolute Gasteiger partial charge is 0.307 e. The fourth-order valence-electron chi connectivity index (χ4n) is 0.675. The molecule has 1 aromatic heterocycles. The van der Waals surface area contributed by atoms with E-state index >= 15 is 0 Å². The number of Topliss-reactive ketones (excluding diaryl/α,β-unsaturated/α-hetero) is 1. The third-order valence-electron chi connectivity index (χ3n) is 1.27. The van der Waals surface area contributed by atoms with E-state index in [0.717, 1.165) is 17.4 Å². The molecular formula is C7H4Cl2F2OS. The molecule has 0 aliphatic rings. The Hall–Kier alpha value is -0.190. The molecule has 13 heavy (non-hydrogen) atoms. The van der Waals surface area contributed by atoms with Crippen LogP contribution in [0.5, 0.6) is 0 Å². The molecule has 0 unspecified atom stereocenters. The highest BCUT2D eigenvalue weighted by Crippen LogP contribution is 2.34. The van der Waals surface area contributed by atoms with Gasteiger partial charge >= 0.3 is 5.92 Å². The molecule has 0 amide bonds. The van der Waals surface area contributed by atoms with E-state index < -0.39 is 11.7 Å². The van der Waals surface area contributed by atoms with Gasteiger partial charge in [-0.05, 0) is 6.07 Å². The van der Waals surface area contributed by atoms with Gasteiger partial charge in [-0.15, -0.1) is 11.3 Å². The first-order valence-electron chi connectivity index (χ1n) is 3.20. The highest BCUT2D eigenvalue weighted by atomic mass is 35.5. The summed E-state index contributed by atoms with van der Waals surface area (Å²) in [5, 5.41) is 0.124. The summed E-state index contributed by atoms with van der Waals surface area (Å²) in [5.74, 6) is -4.64. The van der Waals surface area contributed by atoms with Crippen molar-refractivity contribution in [3.63, 3.8) is 0 Å². The van der Waals surface area contributed by atoms with E-state index in [2.05, 4.69) is 0 Å². The molecule has 0 fully saturated rings. The zero-order valence-electron chi connectivity index (χ0n) is 6.41. The van der Waals surface area contributed by atoms with Crippen molar-refractivity contribution >= 4 is 40.3 Å². The van der Waals surface area contributed by atoms with Crippen LogP contribution in [0.1, 0.15) is 16.6 Å². The molecule has 1 rings (SSSR count). The Labute approximate surface area is 87.3 Å². The maximum absolute atomic E-state index is 12.5. The van der Waals surface area contributed by atoms with E-state index in [-0.39, 0.29) is 14.2 Å². The average molecular weight is 245 g/mol. The molecule has 1 heterocycles. The Bertz CT molecular complexity index is 323. The molecule has 6 heteroatoms. The van der Waals surface area contributed by atoms with Crippen LogP contribution in [0.4, 0.5) is 8.78 Å². The van der Waals surface area contributed by atoms with E-state index in [1.165, 1.54) is 0 Å². The normalized spacial score (nSPS) is 11.8. The van der Waals surface area contributed by atoms with Gasteiger partial charge in [-0.1, -0.05) is 23.2 Å². The highest BCUT2D eigenvalue weighted by Gasteiger charge is 2.34. The van der Waals surface area contributed by atoms with Gasteiger partial charge in [0, 0.05) is 6.92 Å². The lowest BCUT2D eigenvalue weighted by atomic mass is 10.2. The Kier molecular flexibility index (Phi) is 2.95. The Morgan fingerprint density at radius 2 is 2.08 bits per heavy atom. The molecule has 72 valence electrons. The lowest BCUT2D eigenvalue weighted by Crippen LogP contribution is -2.23. The summed E-state index contributed by atoms with van der Waals surface area (Å²) in [6, 6.07) is 1.15. The SMILES string of the molecule is CC(F)(F)C(=O)c1cc(Cl)c(Cl)s1. The minimum absolute atomic E-state index is 0.123. The maximum atomic E-state index is 12.5. The van der Waals surface area contributed by atoms with E-state index in [4.69, 9.17) is 23.2 Å². The number of alkyl halides is 2. The van der Waals surface area contributed by atoms with Crippen LogP contribution in [0.3, 0.4) is 0 Å². The number of thiophene rings is 1. The smallest absolute Gasteiger partial charge is 0.286 e. The zero-order chi connectivity index (χ0) is 10.2. The van der Waals surface area contributed by atoms with Crippen molar-refractivity contribution in [3.8, 4) is 0 Å². The van der Waals surface area contributed by atoms with Gasteiger partial charge in [-0.3, -0.25) is 4.79 Å². The van der Waals surface area contributed by atoms with Gasteiger partial charge in [0.1, 0.15) is 4.34 Å². The Morgan fingerprint density at radius 3 is 2.38 bits per heavy atom. The summed E-state index contributed by atoms with van der Waals surface area (Å²) >= 11 is 11.8. The lowest BCUT2D eigenvalue weighted by molar-refractivity contribution is 0.0226. The molecule has 0 radical (unpaired) electrons. The fourth-order valence-corrected chi connectivity index (χ4v) is 2.07. The summed E-state index contributed by atoms with van der Waals surface area (Å²) in [6.07, 6.45) is 0. The van der Waals surface area contributed by atoms with Crippen LogP contribution in [0.2, 0.25) is 9.36 Å². The number of carbonyl (C=O) groups is 1. The van der Waals surface area contributed by atoms with Crippen LogP contribution >= 0.6 is 34.5 Å². The molecule has 1 nitrogen and oxygen atoms in total. The second-order valence-corrected chi connectivity index (χ2v) is 4.51. The molecule has 0 aromatic carbocycles.